The first kappa shape index (κ1) is 17.6. The maximum absolute atomic E-state index is 12.1. The molecule has 0 saturated heterocycles. The van der Waals surface area contributed by atoms with Crippen LogP contribution in [0.1, 0.15) is 9.67 Å². The summed E-state index contributed by atoms with van der Waals surface area (Å²) in [5.41, 5.74) is 0.616. The lowest BCUT2D eigenvalue weighted by Crippen LogP contribution is -2.09. The number of nitrogens with one attached hydrogen (secondary N) is 1. The molecule has 8 heteroatoms. The highest BCUT2D eigenvalue weighted by atomic mass is 32.1. The summed E-state index contributed by atoms with van der Waals surface area (Å²) in [6, 6.07) is 15.1. The fourth-order valence-corrected chi connectivity index (χ4v) is 3.35. The van der Waals surface area contributed by atoms with Crippen LogP contribution >= 0.6 is 11.3 Å². The Morgan fingerprint density at radius 1 is 1.07 bits per heavy atom. The smallest absolute Gasteiger partial charge is 0.279 e. The number of fused-ring (bicyclic) bond motifs is 1. The van der Waals surface area contributed by atoms with Gasteiger partial charge in [0.2, 0.25) is 0 Å². The lowest BCUT2D eigenvalue weighted by molar-refractivity contribution is -0.383. The van der Waals surface area contributed by atoms with Gasteiger partial charge in [-0.15, -0.1) is 11.3 Å². The Morgan fingerprint density at radius 3 is 2.61 bits per heavy atom. The molecule has 0 unspecified atom stereocenters. The first-order valence-electron chi connectivity index (χ1n) is 8.26. The Kier molecular flexibility index (Phi) is 4.69. The largest absolute Gasteiger partial charge is 0.457 e. The molecule has 0 bridgehead atoms. The van der Waals surface area contributed by atoms with E-state index in [0.717, 1.165) is 0 Å². The second-order valence-corrected chi connectivity index (χ2v) is 6.77. The quantitative estimate of drug-likeness (QED) is 0.370. The molecule has 7 nitrogen and oxygen atoms in total. The molecule has 0 aliphatic heterocycles. The minimum Gasteiger partial charge on any atom is -0.457 e. The van der Waals surface area contributed by atoms with E-state index in [4.69, 9.17) is 4.74 Å². The summed E-state index contributed by atoms with van der Waals surface area (Å²) in [7, 11) is 0. The maximum Gasteiger partial charge on any atom is 0.279 e. The molecule has 0 saturated carbocycles. The highest BCUT2D eigenvalue weighted by Crippen LogP contribution is 2.35. The minimum atomic E-state index is -0.446. The number of carbonyl (C=O) groups excluding carboxylic acids is 1. The van der Waals surface area contributed by atoms with Crippen LogP contribution in [0, 0.1) is 10.1 Å². The number of thiophene rings is 1. The van der Waals surface area contributed by atoms with E-state index in [0.29, 0.717) is 32.8 Å². The summed E-state index contributed by atoms with van der Waals surface area (Å²) in [6.07, 6.45) is 3.01. The minimum absolute atomic E-state index is 0.0258. The first-order chi connectivity index (χ1) is 13.6. The van der Waals surface area contributed by atoms with Gasteiger partial charge < -0.3 is 10.1 Å². The molecule has 2 aromatic carbocycles. The third-order valence-electron chi connectivity index (χ3n) is 4.04. The summed E-state index contributed by atoms with van der Waals surface area (Å²) >= 11 is 1.37. The number of amides is 1. The number of anilines is 1. The molecule has 1 N–H and O–H groups in total. The van der Waals surface area contributed by atoms with Crippen molar-refractivity contribution in [1.29, 1.82) is 0 Å². The number of hydrogen-bond acceptors (Lipinski definition) is 6. The lowest BCUT2D eigenvalue weighted by atomic mass is 10.1. The van der Waals surface area contributed by atoms with Gasteiger partial charge >= 0.3 is 0 Å². The van der Waals surface area contributed by atoms with E-state index in [1.54, 1.807) is 48.7 Å². The predicted octanol–water partition coefficient (Wildman–Crippen LogP) is 5.25. The van der Waals surface area contributed by atoms with E-state index >= 15 is 0 Å². The van der Waals surface area contributed by atoms with Gasteiger partial charge in [-0.05, 0) is 47.8 Å². The predicted molar refractivity (Wildman–Crippen MR) is 107 cm³/mol. The summed E-state index contributed by atoms with van der Waals surface area (Å²) < 4.78 is 5.90. The van der Waals surface area contributed by atoms with E-state index in [9.17, 15) is 14.9 Å². The number of hydrogen-bond donors (Lipinski definition) is 1. The van der Waals surface area contributed by atoms with Gasteiger partial charge in [-0.1, -0.05) is 6.07 Å². The Bertz CT molecular complexity index is 1160. The van der Waals surface area contributed by atoms with Crippen molar-refractivity contribution in [2.75, 3.05) is 5.32 Å². The summed E-state index contributed by atoms with van der Waals surface area (Å²) in [5.74, 6) is 0.858. The molecule has 0 radical (unpaired) electrons. The Hall–Kier alpha value is -3.78. The van der Waals surface area contributed by atoms with Crippen molar-refractivity contribution in [2.45, 2.75) is 0 Å². The number of pyridine rings is 1. The second kappa shape index (κ2) is 7.45. The van der Waals surface area contributed by atoms with E-state index in [2.05, 4.69) is 10.3 Å². The second-order valence-electron chi connectivity index (χ2n) is 5.82. The van der Waals surface area contributed by atoms with Gasteiger partial charge in [-0.3, -0.25) is 19.9 Å². The molecule has 4 aromatic rings. The monoisotopic (exact) mass is 391 g/mol. The number of carbonyl (C=O) groups is 1. The fourth-order valence-electron chi connectivity index (χ4n) is 2.73. The fraction of sp³-hybridized carbons (Fsp3) is 0. The SMILES string of the molecule is O=C(Nc1ccc(Oc2ccc([N+](=O)[O-])c3cnccc23)cc1)c1cccs1. The van der Waals surface area contributed by atoms with E-state index in [-0.39, 0.29) is 11.6 Å². The van der Waals surface area contributed by atoms with Crippen LogP contribution in [0.2, 0.25) is 0 Å². The third-order valence-corrected chi connectivity index (χ3v) is 4.91. The van der Waals surface area contributed by atoms with Crippen LogP contribution in [-0.2, 0) is 0 Å². The molecule has 0 aliphatic carbocycles. The number of nitro groups is 1. The molecule has 0 aliphatic rings. The van der Waals surface area contributed by atoms with Crippen LogP contribution < -0.4 is 10.1 Å². The van der Waals surface area contributed by atoms with Crippen LogP contribution in [-0.4, -0.2) is 15.8 Å². The molecular formula is C20H13N3O4S. The molecule has 138 valence electrons. The van der Waals surface area contributed by atoms with Crippen molar-refractivity contribution in [3.63, 3.8) is 0 Å². The number of benzene rings is 2. The van der Waals surface area contributed by atoms with Gasteiger partial charge in [-0.25, -0.2) is 0 Å². The zero-order chi connectivity index (χ0) is 19.5. The zero-order valence-electron chi connectivity index (χ0n) is 14.4. The number of rotatable bonds is 5. The Labute approximate surface area is 163 Å². The standard InChI is InChI=1S/C20H13N3O4S/c24-20(19-2-1-11-28-19)22-13-3-5-14(6-4-13)27-18-8-7-17(23(25)26)16-12-21-10-9-15(16)18/h1-12H,(H,22,24). The topological polar surface area (TPSA) is 94.4 Å². The van der Waals surface area contributed by atoms with Gasteiger partial charge in [0, 0.05) is 29.5 Å². The van der Waals surface area contributed by atoms with E-state index in [1.165, 1.54) is 23.6 Å². The van der Waals surface area contributed by atoms with Crippen molar-refractivity contribution in [3.05, 3.63) is 87.4 Å². The van der Waals surface area contributed by atoms with Crippen LogP contribution in [0.4, 0.5) is 11.4 Å². The molecule has 0 atom stereocenters. The molecule has 2 heterocycles. The van der Waals surface area contributed by atoms with Crippen LogP contribution in [0.3, 0.4) is 0 Å². The van der Waals surface area contributed by atoms with Gasteiger partial charge in [-0.2, -0.15) is 0 Å². The number of aromatic nitrogens is 1. The normalized spacial score (nSPS) is 10.6. The van der Waals surface area contributed by atoms with Crippen LogP contribution in [0.15, 0.2) is 72.4 Å². The average Bonchev–Trinajstić information content (AvgIpc) is 3.24. The average molecular weight is 391 g/mol. The number of non-ortho nitro benzene ring substituents is 1. The van der Waals surface area contributed by atoms with Crippen LogP contribution in [0.5, 0.6) is 11.5 Å². The van der Waals surface area contributed by atoms with Crippen molar-refractivity contribution in [1.82, 2.24) is 4.98 Å². The maximum atomic E-state index is 12.1. The van der Waals surface area contributed by atoms with Gasteiger partial charge in [0.1, 0.15) is 11.5 Å². The van der Waals surface area contributed by atoms with Gasteiger partial charge in [0.05, 0.1) is 15.2 Å². The molecule has 2 aromatic heterocycles. The Balaban J connectivity index is 1.56. The first-order valence-corrected chi connectivity index (χ1v) is 9.14. The Morgan fingerprint density at radius 2 is 1.89 bits per heavy atom. The zero-order valence-corrected chi connectivity index (χ0v) is 15.2. The van der Waals surface area contributed by atoms with Crippen molar-refractivity contribution in [3.8, 4) is 11.5 Å². The molecule has 28 heavy (non-hydrogen) atoms. The third kappa shape index (κ3) is 3.53. The van der Waals surface area contributed by atoms with E-state index in [1.807, 2.05) is 11.4 Å². The van der Waals surface area contributed by atoms with Gasteiger partial charge in [0.25, 0.3) is 11.6 Å². The summed E-state index contributed by atoms with van der Waals surface area (Å²) in [6.45, 7) is 0. The van der Waals surface area contributed by atoms with Crippen molar-refractivity contribution >= 4 is 39.4 Å². The van der Waals surface area contributed by atoms with Crippen LogP contribution in [0.25, 0.3) is 10.8 Å². The number of nitro benzene ring substituents is 1. The van der Waals surface area contributed by atoms with Crippen molar-refractivity contribution in [2.24, 2.45) is 0 Å². The highest BCUT2D eigenvalue weighted by molar-refractivity contribution is 7.12. The van der Waals surface area contributed by atoms with Crippen molar-refractivity contribution < 1.29 is 14.5 Å². The lowest BCUT2D eigenvalue weighted by Gasteiger charge is -2.10. The molecule has 4 rings (SSSR count). The molecule has 0 fully saturated rings. The molecule has 1 amide bonds. The number of nitrogens with zero attached hydrogens (tertiary/aromatic N) is 2. The molecular weight excluding hydrogens is 378 g/mol. The number of ether oxygens (including phenoxy) is 1. The highest BCUT2D eigenvalue weighted by Gasteiger charge is 2.15. The summed E-state index contributed by atoms with van der Waals surface area (Å²) in [4.78, 5) is 27.4. The summed E-state index contributed by atoms with van der Waals surface area (Å²) in [5, 5.41) is 16.9. The van der Waals surface area contributed by atoms with E-state index < -0.39 is 4.92 Å². The van der Waals surface area contributed by atoms with Gasteiger partial charge in [0.15, 0.2) is 0 Å². The molecule has 0 spiro atoms.